The van der Waals surface area contributed by atoms with Crippen molar-refractivity contribution in [1.82, 2.24) is 0 Å². The van der Waals surface area contributed by atoms with E-state index in [-0.39, 0.29) is 35.7 Å². The maximum absolute atomic E-state index is 11.9. The predicted molar refractivity (Wildman–Crippen MR) is 72.0 cm³/mol. The van der Waals surface area contributed by atoms with Crippen molar-refractivity contribution in [2.75, 3.05) is 0 Å². The molecule has 0 saturated heterocycles. The van der Waals surface area contributed by atoms with Crippen LogP contribution in [0.15, 0.2) is 18.2 Å². The first-order valence-electron chi connectivity index (χ1n) is 5.60. The zero-order valence-electron chi connectivity index (χ0n) is 11.7. The van der Waals surface area contributed by atoms with Gasteiger partial charge in [-0.15, -0.1) is 5.66 Å². The molecule has 17 heavy (non-hydrogen) atoms. The third-order valence-corrected chi connectivity index (χ3v) is 3.01. The molecule has 0 amide bonds. The van der Waals surface area contributed by atoms with Crippen LogP contribution in [-0.4, -0.2) is 11.4 Å². The number of hydrogen-bond donors (Lipinski definition) is 0. The van der Waals surface area contributed by atoms with E-state index in [4.69, 9.17) is 0 Å². The van der Waals surface area contributed by atoms with Crippen molar-refractivity contribution >= 4 is 15.0 Å². The van der Waals surface area contributed by atoms with E-state index in [1.54, 1.807) is 0 Å². The summed E-state index contributed by atoms with van der Waals surface area (Å²) >= 11 is 0. The molecule has 0 aliphatic rings. The predicted octanol–water partition coefficient (Wildman–Crippen LogP) is 1.01. The summed E-state index contributed by atoms with van der Waals surface area (Å²) in [6.07, 6.45) is 0. The molecule has 0 spiro atoms. The van der Waals surface area contributed by atoms with Gasteiger partial charge in [0, 0.05) is 5.56 Å². The smallest absolute Gasteiger partial charge is 0.547 e. The molecule has 1 rings (SSSR count). The summed E-state index contributed by atoms with van der Waals surface area (Å²) in [6, 6.07) is 6.10. The molecule has 0 bridgehead atoms. The number of benzene rings is 1. The third kappa shape index (κ3) is 4.26. The quantitative estimate of drug-likeness (QED) is 0.430. The van der Waals surface area contributed by atoms with E-state index in [0.29, 0.717) is 0 Å². The molecule has 1 unspecified atom stereocenters. The maximum Gasteiger partial charge on any atom is 1.00 e. The van der Waals surface area contributed by atoms with Crippen molar-refractivity contribution in [2.45, 2.75) is 45.7 Å². The zero-order valence-corrected chi connectivity index (χ0v) is 12.7. The molecule has 0 radical (unpaired) electrons. The van der Waals surface area contributed by atoms with Crippen LogP contribution < -0.4 is 18.9 Å². The van der Waals surface area contributed by atoms with Crippen LogP contribution in [0.1, 0.15) is 49.2 Å². The molecule has 1 atom stereocenters. The Morgan fingerprint density at radius 3 is 2.18 bits per heavy atom. The fraction of sp³-hybridized carbons (Fsp3) is 0.500. The molecule has 1 aromatic carbocycles. The van der Waals surface area contributed by atoms with Crippen molar-refractivity contribution in [3.05, 3.63) is 34.9 Å². The molecule has 1 nitrogen and oxygen atoms in total. The van der Waals surface area contributed by atoms with Crippen LogP contribution in [0.3, 0.4) is 0 Å². The van der Waals surface area contributed by atoms with Crippen LogP contribution in [0.25, 0.3) is 0 Å². The van der Waals surface area contributed by atoms with Crippen LogP contribution in [0, 0.1) is 6.92 Å². The third-order valence-electron chi connectivity index (χ3n) is 2.75. The van der Waals surface area contributed by atoms with E-state index < -0.39 is 0 Å². The van der Waals surface area contributed by atoms with E-state index in [2.05, 4.69) is 42.1 Å². The summed E-state index contributed by atoms with van der Waals surface area (Å²) in [6.45, 7) is 10.4. The van der Waals surface area contributed by atoms with Crippen molar-refractivity contribution in [1.29, 1.82) is 0 Å². The van der Waals surface area contributed by atoms with Gasteiger partial charge in [-0.25, -0.2) is 0 Å². The number of rotatable bonds is 2. The van der Waals surface area contributed by atoms with E-state index in [0.717, 1.165) is 11.1 Å². The second-order valence-corrected chi connectivity index (χ2v) is 6.23. The van der Waals surface area contributed by atoms with Crippen molar-refractivity contribution < 1.29 is 23.7 Å². The van der Waals surface area contributed by atoms with Crippen LogP contribution in [0.4, 0.5) is 0 Å². The Bertz CT molecular complexity index is 405. The van der Waals surface area contributed by atoms with Gasteiger partial charge in [0.1, 0.15) is 5.78 Å². The number of carbonyl (C=O) groups is 1. The summed E-state index contributed by atoms with van der Waals surface area (Å²) in [5.41, 5.74) is 3.15. The van der Waals surface area contributed by atoms with Gasteiger partial charge in [0.15, 0.2) is 0 Å². The topological polar surface area (TPSA) is 17.1 Å². The van der Waals surface area contributed by atoms with Crippen LogP contribution >= 0.6 is 9.24 Å². The molecule has 0 N–H and O–H groups in total. The fourth-order valence-electron chi connectivity index (χ4n) is 1.64. The number of aryl methyl sites for hydroxylation is 1. The normalized spacial score (nSPS) is 12.8. The Kier molecular flexibility index (Phi) is 6.16. The largest absolute Gasteiger partial charge is 1.00 e. The second-order valence-electron chi connectivity index (χ2n) is 5.37. The molecule has 0 saturated carbocycles. The molecule has 1 aromatic rings. The Balaban J connectivity index is 0.00000256. The Morgan fingerprint density at radius 1 is 1.29 bits per heavy atom. The maximum atomic E-state index is 11.9. The average molecular weight is 242 g/mol. The SMILES string of the molecule is Cc1cc(C(C)(C)C)ccc1C(=O)C(C)[PH-].[Li+]. The molecular weight excluding hydrogens is 222 g/mol. The zero-order chi connectivity index (χ0) is 12.5. The first-order chi connectivity index (χ1) is 7.23. The molecule has 3 heteroatoms. The number of ketones is 1. The van der Waals surface area contributed by atoms with Crippen LogP contribution in [0.5, 0.6) is 0 Å². The molecular formula is C14H20LiOP. The second kappa shape index (κ2) is 6.19. The van der Waals surface area contributed by atoms with Gasteiger partial charge in [-0.1, -0.05) is 45.9 Å². The average Bonchev–Trinajstić information content (AvgIpc) is 2.15. The minimum atomic E-state index is -0.126. The summed E-state index contributed by atoms with van der Waals surface area (Å²) < 4.78 is 0. The first kappa shape index (κ1) is 16.9. The number of hydrogen-bond acceptors (Lipinski definition) is 1. The van der Waals surface area contributed by atoms with E-state index in [9.17, 15) is 4.79 Å². The van der Waals surface area contributed by atoms with Gasteiger partial charge < -0.3 is 9.24 Å². The Hall–Kier alpha value is -0.0826. The minimum absolute atomic E-state index is 0. The van der Waals surface area contributed by atoms with Gasteiger partial charge in [-0.2, -0.15) is 0 Å². The van der Waals surface area contributed by atoms with Crippen molar-refractivity contribution in [3.63, 3.8) is 0 Å². The molecule has 0 fully saturated rings. The van der Waals surface area contributed by atoms with E-state index in [1.165, 1.54) is 5.56 Å². The Labute approximate surface area is 119 Å². The Morgan fingerprint density at radius 2 is 1.82 bits per heavy atom. The van der Waals surface area contributed by atoms with Crippen molar-refractivity contribution in [2.24, 2.45) is 0 Å². The van der Waals surface area contributed by atoms with Crippen LogP contribution in [-0.2, 0) is 5.41 Å². The van der Waals surface area contributed by atoms with E-state index in [1.807, 2.05) is 19.9 Å². The number of Topliss-reactive ketones (excluding diaryl/α,β-unsaturated/α-hetero) is 1. The van der Waals surface area contributed by atoms with Gasteiger partial charge >= 0.3 is 18.9 Å². The summed E-state index contributed by atoms with van der Waals surface area (Å²) in [5.74, 6) is 0.148. The monoisotopic (exact) mass is 242 g/mol. The van der Waals surface area contributed by atoms with Crippen molar-refractivity contribution in [3.8, 4) is 0 Å². The molecule has 0 aliphatic carbocycles. The first-order valence-corrected chi connectivity index (χ1v) is 6.17. The summed E-state index contributed by atoms with van der Waals surface area (Å²) in [4.78, 5) is 11.9. The van der Waals surface area contributed by atoms with Gasteiger partial charge in [-0.3, -0.25) is 4.79 Å². The molecule has 88 valence electrons. The fourth-order valence-corrected chi connectivity index (χ4v) is 1.80. The van der Waals surface area contributed by atoms with Gasteiger partial charge in [0.2, 0.25) is 0 Å². The van der Waals surface area contributed by atoms with Gasteiger partial charge in [0.25, 0.3) is 0 Å². The number of carbonyl (C=O) groups excluding carboxylic acids is 1. The molecule has 0 heterocycles. The molecule has 0 aromatic heterocycles. The van der Waals surface area contributed by atoms with E-state index >= 15 is 0 Å². The minimum Gasteiger partial charge on any atom is -0.547 e. The van der Waals surface area contributed by atoms with Crippen LogP contribution in [0.2, 0.25) is 0 Å². The molecule has 0 aliphatic heterocycles. The summed E-state index contributed by atoms with van der Waals surface area (Å²) in [7, 11) is 3.37. The summed E-state index contributed by atoms with van der Waals surface area (Å²) in [5, 5.41) is 0. The standard InChI is InChI=1S/C14H20OP.Li/c1-9-8-11(14(3,4)5)6-7-12(9)13(15)10(2)16;/h6-8,10,16H,1-5H3;/q-1;+1. The van der Waals surface area contributed by atoms with Gasteiger partial charge in [0.05, 0.1) is 0 Å². The van der Waals surface area contributed by atoms with Gasteiger partial charge in [-0.05, 0) is 23.5 Å².